The Kier molecular flexibility index (Phi) is 11.9. The normalized spacial score (nSPS) is 12.2. The molecule has 0 fully saturated rings. The number of nitrogens with two attached hydrogens (primary N) is 1. The number of hydrogen-bond donors (Lipinski definition) is 5. The molecular weight excluding hydrogens is 570 g/mol. The number of ether oxygens (including phenoxy) is 2. The number of benzene rings is 3. The molecule has 0 saturated heterocycles. The summed E-state index contributed by atoms with van der Waals surface area (Å²) in [5.74, 6) is 1.38. The SMILES string of the molecule is COc1ccc(CNC(=O)c2ccc(CNC(=O)Cc3ccc(CC(C)NCC(O)c4ccc(N)nc4)cc3)cc2)cc1OC. The van der Waals surface area contributed by atoms with E-state index in [0.717, 1.165) is 34.2 Å². The topological polar surface area (TPSA) is 148 Å². The zero-order chi connectivity index (χ0) is 32.2. The first-order valence-corrected chi connectivity index (χ1v) is 14.8. The molecular formula is C35H41N5O5. The predicted octanol–water partition coefficient (Wildman–Crippen LogP) is 3.72. The van der Waals surface area contributed by atoms with Gasteiger partial charge >= 0.3 is 0 Å². The number of nitrogens with zero attached hydrogens (tertiary/aromatic N) is 1. The van der Waals surface area contributed by atoms with Gasteiger partial charge in [0.15, 0.2) is 11.5 Å². The second kappa shape index (κ2) is 16.2. The molecule has 10 heteroatoms. The van der Waals surface area contributed by atoms with Crippen molar-refractivity contribution in [3.05, 3.63) is 118 Å². The number of anilines is 1. The molecule has 3 aromatic carbocycles. The summed E-state index contributed by atoms with van der Waals surface area (Å²) in [6, 6.07) is 24.2. The summed E-state index contributed by atoms with van der Waals surface area (Å²) < 4.78 is 10.6. The van der Waals surface area contributed by atoms with Crippen LogP contribution in [0.15, 0.2) is 85.1 Å². The zero-order valence-electron chi connectivity index (χ0n) is 25.9. The standard InChI is InChI=1S/C35H41N5O5/c1-23(37-22-30(41)29-13-15-33(36)38-21-29)16-24-4-6-25(7-5-24)18-34(42)39-19-26-8-11-28(12-9-26)35(43)40-20-27-10-14-31(44-2)32(17-27)45-3/h4-15,17,21,23,30,37,41H,16,18-20,22H2,1-3H3,(H2,36,38)(H,39,42)(H,40,43). The third-order valence-electron chi connectivity index (χ3n) is 7.39. The molecule has 4 aromatic rings. The van der Waals surface area contributed by atoms with E-state index in [-0.39, 0.29) is 24.3 Å². The minimum Gasteiger partial charge on any atom is -0.493 e. The molecule has 0 aliphatic carbocycles. The fraction of sp³-hybridized carbons (Fsp3) is 0.286. The van der Waals surface area contributed by atoms with E-state index in [1.54, 1.807) is 50.7 Å². The average molecular weight is 612 g/mol. The molecule has 0 saturated carbocycles. The summed E-state index contributed by atoms with van der Waals surface area (Å²) in [7, 11) is 3.15. The molecule has 1 aromatic heterocycles. The van der Waals surface area contributed by atoms with Gasteiger partial charge in [0.25, 0.3) is 5.91 Å². The number of carbonyl (C=O) groups excluding carboxylic acids is 2. The quantitative estimate of drug-likeness (QED) is 0.137. The van der Waals surface area contributed by atoms with E-state index in [1.165, 1.54) is 0 Å². The van der Waals surface area contributed by atoms with E-state index < -0.39 is 6.10 Å². The van der Waals surface area contributed by atoms with Crippen LogP contribution in [0.25, 0.3) is 0 Å². The largest absolute Gasteiger partial charge is 0.493 e. The van der Waals surface area contributed by atoms with Crippen LogP contribution in [-0.2, 0) is 30.7 Å². The van der Waals surface area contributed by atoms with Crippen LogP contribution in [0, 0.1) is 0 Å². The summed E-state index contributed by atoms with van der Waals surface area (Å²) in [6.07, 6.45) is 1.97. The van der Waals surface area contributed by atoms with E-state index in [2.05, 4.69) is 27.9 Å². The van der Waals surface area contributed by atoms with Gasteiger partial charge in [-0.05, 0) is 65.9 Å². The van der Waals surface area contributed by atoms with E-state index in [4.69, 9.17) is 15.2 Å². The van der Waals surface area contributed by atoms with Gasteiger partial charge in [0, 0.05) is 43.0 Å². The highest BCUT2D eigenvalue weighted by Gasteiger charge is 2.12. The van der Waals surface area contributed by atoms with Gasteiger partial charge in [-0.1, -0.05) is 48.5 Å². The van der Waals surface area contributed by atoms with Crippen molar-refractivity contribution in [2.45, 2.75) is 45.0 Å². The molecule has 4 rings (SSSR count). The number of pyridine rings is 1. The van der Waals surface area contributed by atoms with Crippen molar-refractivity contribution in [1.82, 2.24) is 20.9 Å². The van der Waals surface area contributed by atoms with E-state index in [9.17, 15) is 14.7 Å². The lowest BCUT2D eigenvalue weighted by Gasteiger charge is -2.17. The van der Waals surface area contributed by atoms with Gasteiger partial charge in [-0.2, -0.15) is 0 Å². The lowest BCUT2D eigenvalue weighted by atomic mass is 10.0. The van der Waals surface area contributed by atoms with Gasteiger partial charge in [0.2, 0.25) is 5.91 Å². The Morgan fingerprint density at radius 1 is 0.822 bits per heavy atom. The second-order valence-corrected chi connectivity index (χ2v) is 10.9. The van der Waals surface area contributed by atoms with Crippen molar-refractivity contribution >= 4 is 17.6 Å². The minimum absolute atomic E-state index is 0.0827. The van der Waals surface area contributed by atoms with E-state index >= 15 is 0 Å². The molecule has 0 spiro atoms. The Labute approximate surface area is 264 Å². The number of carbonyl (C=O) groups is 2. The summed E-state index contributed by atoms with van der Waals surface area (Å²) >= 11 is 0. The molecule has 0 bridgehead atoms. The number of nitrogen functional groups attached to an aromatic ring is 1. The van der Waals surface area contributed by atoms with Crippen molar-refractivity contribution in [2.24, 2.45) is 0 Å². The molecule has 0 aliphatic rings. The number of nitrogens with one attached hydrogen (secondary N) is 3. The predicted molar refractivity (Wildman–Crippen MR) is 174 cm³/mol. The summed E-state index contributed by atoms with van der Waals surface area (Å²) in [4.78, 5) is 29.2. The van der Waals surface area contributed by atoms with Crippen molar-refractivity contribution in [3.8, 4) is 11.5 Å². The van der Waals surface area contributed by atoms with Crippen LogP contribution in [0.4, 0.5) is 5.82 Å². The maximum atomic E-state index is 12.6. The lowest BCUT2D eigenvalue weighted by Crippen LogP contribution is -2.32. The fourth-order valence-corrected chi connectivity index (χ4v) is 4.76. The fourth-order valence-electron chi connectivity index (χ4n) is 4.76. The smallest absolute Gasteiger partial charge is 0.251 e. The summed E-state index contributed by atoms with van der Waals surface area (Å²) in [6.45, 7) is 3.18. The Morgan fingerprint density at radius 2 is 1.47 bits per heavy atom. The van der Waals surface area contributed by atoms with Crippen molar-refractivity contribution in [2.75, 3.05) is 26.5 Å². The lowest BCUT2D eigenvalue weighted by molar-refractivity contribution is -0.120. The first-order valence-electron chi connectivity index (χ1n) is 14.8. The van der Waals surface area contributed by atoms with Crippen molar-refractivity contribution in [1.29, 1.82) is 0 Å². The Bertz CT molecular complexity index is 1540. The highest BCUT2D eigenvalue weighted by Crippen LogP contribution is 2.27. The summed E-state index contributed by atoms with van der Waals surface area (Å²) in [5, 5.41) is 19.6. The Balaban J connectivity index is 1.17. The van der Waals surface area contributed by atoms with Crippen LogP contribution >= 0.6 is 0 Å². The molecule has 2 atom stereocenters. The van der Waals surface area contributed by atoms with Gasteiger partial charge in [-0.15, -0.1) is 0 Å². The highest BCUT2D eigenvalue weighted by molar-refractivity contribution is 5.94. The number of amides is 2. The third-order valence-corrected chi connectivity index (χ3v) is 7.39. The van der Waals surface area contributed by atoms with Gasteiger partial charge in [-0.3, -0.25) is 9.59 Å². The molecule has 2 unspecified atom stereocenters. The molecule has 10 nitrogen and oxygen atoms in total. The average Bonchev–Trinajstić information content (AvgIpc) is 3.06. The number of methoxy groups -OCH3 is 2. The highest BCUT2D eigenvalue weighted by atomic mass is 16.5. The van der Waals surface area contributed by atoms with Crippen LogP contribution in [0.1, 0.15) is 51.2 Å². The zero-order valence-corrected chi connectivity index (χ0v) is 25.9. The molecule has 45 heavy (non-hydrogen) atoms. The van der Waals surface area contributed by atoms with E-state index in [1.807, 2.05) is 48.5 Å². The van der Waals surface area contributed by atoms with Gasteiger partial charge in [0.05, 0.1) is 26.7 Å². The monoisotopic (exact) mass is 611 g/mol. The number of aliphatic hydroxyl groups excluding tert-OH is 1. The molecule has 2 amide bonds. The van der Waals surface area contributed by atoms with Gasteiger partial charge in [-0.25, -0.2) is 4.98 Å². The Morgan fingerprint density at radius 3 is 2.13 bits per heavy atom. The Hall–Kier alpha value is -4.93. The number of aliphatic hydroxyl groups is 1. The second-order valence-electron chi connectivity index (χ2n) is 10.9. The third kappa shape index (κ3) is 10.1. The minimum atomic E-state index is -0.667. The molecule has 236 valence electrons. The van der Waals surface area contributed by atoms with Crippen molar-refractivity contribution in [3.63, 3.8) is 0 Å². The first kappa shape index (κ1) is 33.0. The van der Waals surface area contributed by atoms with Gasteiger partial charge < -0.3 is 36.3 Å². The molecule has 0 radical (unpaired) electrons. The van der Waals surface area contributed by atoms with Crippen LogP contribution in [0.5, 0.6) is 11.5 Å². The van der Waals surface area contributed by atoms with Crippen LogP contribution in [0.3, 0.4) is 0 Å². The van der Waals surface area contributed by atoms with Crippen molar-refractivity contribution < 1.29 is 24.2 Å². The van der Waals surface area contributed by atoms with Gasteiger partial charge in [0.1, 0.15) is 5.82 Å². The van der Waals surface area contributed by atoms with Crippen LogP contribution in [-0.4, -0.2) is 48.7 Å². The first-order chi connectivity index (χ1) is 21.7. The maximum absolute atomic E-state index is 12.6. The molecule has 1 heterocycles. The van der Waals surface area contributed by atoms with Crippen LogP contribution in [0.2, 0.25) is 0 Å². The number of hydrogen-bond acceptors (Lipinski definition) is 8. The number of rotatable bonds is 15. The van der Waals surface area contributed by atoms with E-state index in [0.29, 0.717) is 42.5 Å². The maximum Gasteiger partial charge on any atom is 0.251 e. The van der Waals surface area contributed by atoms with Crippen LogP contribution < -0.4 is 31.2 Å². The molecule has 6 N–H and O–H groups in total. The number of aromatic nitrogens is 1. The molecule has 0 aliphatic heterocycles. The summed E-state index contributed by atoms with van der Waals surface area (Å²) in [5.41, 5.74) is 10.7.